The highest BCUT2D eigenvalue weighted by atomic mass is 14.9. The van der Waals surface area contributed by atoms with Crippen LogP contribution < -0.4 is 0 Å². The maximum absolute atomic E-state index is 5.14. The minimum Gasteiger partial charge on any atom is -0.248 e. The van der Waals surface area contributed by atoms with Crippen molar-refractivity contribution in [1.82, 2.24) is 15.0 Å². The third-order valence-electron chi connectivity index (χ3n) is 11.9. The predicted octanol–water partition coefficient (Wildman–Crippen LogP) is 14.9. The van der Waals surface area contributed by atoms with Crippen LogP contribution in [0.4, 0.5) is 0 Å². The first-order valence-electron chi connectivity index (χ1n) is 21.3. The highest BCUT2D eigenvalue weighted by Gasteiger charge is 2.28. The minimum atomic E-state index is -0.255. The monoisotopic (exact) mass is 795 g/mol. The number of hydrogen-bond donors (Lipinski definition) is 0. The zero-order valence-corrected chi connectivity index (χ0v) is 34.7. The number of hydrogen-bond acceptors (Lipinski definition) is 3. The zero-order valence-electron chi connectivity index (χ0n) is 34.7. The Kier molecular flexibility index (Phi) is 10.6. The summed E-state index contributed by atoms with van der Waals surface area (Å²) < 4.78 is 0. The molecule has 0 amide bonds. The summed E-state index contributed by atoms with van der Waals surface area (Å²) in [5.41, 5.74) is 17.6. The molecule has 296 valence electrons. The maximum Gasteiger partial charge on any atom is 0.139 e. The molecule has 0 saturated heterocycles. The molecule has 1 atom stereocenters. The van der Waals surface area contributed by atoms with Gasteiger partial charge in [-0.05, 0) is 82.5 Å². The topological polar surface area (TPSA) is 38.7 Å². The van der Waals surface area contributed by atoms with E-state index in [1.54, 1.807) is 0 Å². The lowest BCUT2D eigenvalue weighted by molar-refractivity contribution is 0.557. The molecule has 0 bridgehead atoms. The molecule has 2 aromatic heterocycles. The van der Waals surface area contributed by atoms with E-state index in [1.165, 1.54) is 38.9 Å². The number of pyridine rings is 1. The lowest BCUT2D eigenvalue weighted by atomic mass is 9.82. The quantitative estimate of drug-likeness (QED) is 0.138. The molecule has 0 fully saturated rings. The molecule has 62 heavy (non-hydrogen) atoms. The van der Waals surface area contributed by atoms with Gasteiger partial charge in [0.05, 0.1) is 22.8 Å². The van der Waals surface area contributed by atoms with Gasteiger partial charge in [0, 0.05) is 27.7 Å². The number of rotatable bonds is 10. The predicted molar refractivity (Wildman–Crippen MR) is 257 cm³/mol. The standard InChI is InChI=1S/C59H45N3/c1-59(36-12-5-13-37-59)58-61-56(50-18-10-4-11-19-50)41-57(62-58)52-34-30-48(31-35-52)46-26-22-43(23-27-46)38-42-20-24-45(25-21-42)47-28-32-51(33-29-47)55-40-53(44-14-6-2-7-15-44)39-54(60-55)49-16-8-3-9-17-49/h2-36,39-41H,37-38H2,1H3. The lowest BCUT2D eigenvalue weighted by Crippen LogP contribution is -2.23. The molecule has 7 aromatic carbocycles. The van der Waals surface area contributed by atoms with Gasteiger partial charge in [0.25, 0.3) is 0 Å². The third-order valence-corrected chi connectivity index (χ3v) is 11.9. The van der Waals surface area contributed by atoms with Crippen LogP contribution in [0, 0.1) is 0 Å². The Balaban J connectivity index is 0.827. The van der Waals surface area contributed by atoms with Gasteiger partial charge in [0.1, 0.15) is 5.82 Å². The van der Waals surface area contributed by atoms with Crippen LogP contribution in [0.2, 0.25) is 0 Å². The van der Waals surface area contributed by atoms with E-state index in [-0.39, 0.29) is 5.41 Å². The molecule has 3 heteroatoms. The van der Waals surface area contributed by atoms with Gasteiger partial charge in [-0.3, -0.25) is 0 Å². The fourth-order valence-electron chi connectivity index (χ4n) is 8.27. The van der Waals surface area contributed by atoms with Crippen molar-refractivity contribution in [3.63, 3.8) is 0 Å². The van der Waals surface area contributed by atoms with Gasteiger partial charge in [0.15, 0.2) is 0 Å². The van der Waals surface area contributed by atoms with E-state index in [0.29, 0.717) is 0 Å². The van der Waals surface area contributed by atoms with Crippen molar-refractivity contribution in [3.05, 3.63) is 248 Å². The van der Waals surface area contributed by atoms with Crippen molar-refractivity contribution in [2.24, 2.45) is 0 Å². The van der Waals surface area contributed by atoms with Crippen molar-refractivity contribution in [2.45, 2.75) is 25.2 Å². The Morgan fingerprint density at radius 2 is 0.710 bits per heavy atom. The van der Waals surface area contributed by atoms with Crippen LogP contribution in [0.1, 0.15) is 30.3 Å². The zero-order chi connectivity index (χ0) is 41.7. The second-order valence-electron chi connectivity index (χ2n) is 16.3. The SMILES string of the molecule is CC1(c2nc(-c3ccccc3)cc(-c3ccc(-c4ccc(Cc5ccc(-c6ccc(-c7cc(-c8ccccc8)cc(-c8ccccc8)n7)cc6)cc5)cc4)cc3)n2)C=CC=CC1. The van der Waals surface area contributed by atoms with E-state index in [0.717, 1.165) is 69.3 Å². The first-order chi connectivity index (χ1) is 30.5. The summed E-state index contributed by atoms with van der Waals surface area (Å²) in [6.45, 7) is 2.22. The lowest BCUT2D eigenvalue weighted by Gasteiger charge is -2.26. The highest BCUT2D eigenvalue weighted by Crippen LogP contribution is 2.35. The Morgan fingerprint density at radius 3 is 1.13 bits per heavy atom. The largest absolute Gasteiger partial charge is 0.248 e. The van der Waals surface area contributed by atoms with Gasteiger partial charge in [0.2, 0.25) is 0 Å². The number of aromatic nitrogens is 3. The molecule has 0 aliphatic heterocycles. The van der Waals surface area contributed by atoms with Crippen LogP contribution in [0.15, 0.2) is 231 Å². The fourth-order valence-corrected chi connectivity index (χ4v) is 8.27. The minimum absolute atomic E-state index is 0.255. The molecule has 0 N–H and O–H groups in total. The van der Waals surface area contributed by atoms with E-state index in [1.807, 2.05) is 12.1 Å². The van der Waals surface area contributed by atoms with E-state index in [9.17, 15) is 0 Å². The van der Waals surface area contributed by atoms with Crippen LogP contribution >= 0.6 is 0 Å². The van der Waals surface area contributed by atoms with Crippen molar-refractivity contribution < 1.29 is 0 Å². The van der Waals surface area contributed by atoms with Crippen LogP contribution in [0.3, 0.4) is 0 Å². The van der Waals surface area contributed by atoms with E-state index in [2.05, 4.69) is 225 Å². The molecular weight excluding hydrogens is 751 g/mol. The van der Waals surface area contributed by atoms with Crippen LogP contribution in [-0.2, 0) is 11.8 Å². The summed E-state index contributed by atoms with van der Waals surface area (Å²) in [6.07, 6.45) is 10.4. The number of allylic oxidation sites excluding steroid dienone is 4. The number of nitrogens with zero attached hydrogens (tertiary/aromatic N) is 3. The molecule has 10 rings (SSSR count). The van der Waals surface area contributed by atoms with Gasteiger partial charge in [-0.1, -0.05) is 212 Å². The molecule has 0 saturated carbocycles. The summed E-state index contributed by atoms with van der Waals surface area (Å²) in [7, 11) is 0. The first kappa shape index (κ1) is 38.5. The van der Waals surface area contributed by atoms with Crippen molar-refractivity contribution in [2.75, 3.05) is 0 Å². The number of benzene rings is 7. The van der Waals surface area contributed by atoms with Crippen molar-refractivity contribution >= 4 is 0 Å². The Hall–Kier alpha value is -7.75. The van der Waals surface area contributed by atoms with Crippen molar-refractivity contribution in [3.8, 4) is 78.4 Å². The van der Waals surface area contributed by atoms with Gasteiger partial charge >= 0.3 is 0 Å². The molecule has 0 spiro atoms. The van der Waals surface area contributed by atoms with Gasteiger partial charge in [-0.25, -0.2) is 15.0 Å². The summed E-state index contributed by atoms with van der Waals surface area (Å²) in [4.78, 5) is 15.3. The summed E-state index contributed by atoms with van der Waals surface area (Å²) in [5.74, 6) is 0.843. The van der Waals surface area contributed by atoms with Crippen LogP contribution in [0.5, 0.6) is 0 Å². The van der Waals surface area contributed by atoms with Gasteiger partial charge in [-0.2, -0.15) is 0 Å². The molecule has 0 radical (unpaired) electrons. The molecule has 1 aliphatic carbocycles. The summed E-state index contributed by atoms with van der Waals surface area (Å²) in [5, 5.41) is 0. The first-order valence-corrected chi connectivity index (χ1v) is 21.3. The third kappa shape index (κ3) is 8.34. The smallest absolute Gasteiger partial charge is 0.139 e. The van der Waals surface area contributed by atoms with Gasteiger partial charge < -0.3 is 0 Å². The van der Waals surface area contributed by atoms with E-state index >= 15 is 0 Å². The van der Waals surface area contributed by atoms with Crippen molar-refractivity contribution in [1.29, 1.82) is 0 Å². The average Bonchev–Trinajstić information content (AvgIpc) is 3.35. The Morgan fingerprint density at radius 1 is 0.355 bits per heavy atom. The Bertz CT molecular complexity index is 2950. The summed E-state index contributed by atoms with van der Waals surface area (Å²) in [6, 6.07) is 73.3. The second-order valence-corrected chi connectivity index (χ2v) is 16.3. The molecular formula is C59H45N3. The van der Waals surface area contributed by atoms with Gasteiger partial charge in [-0.15, -0.1) is 0 Å². The molecule has 2 heterocycles. The van der Waals surface area contributed by atoms with E-state index in [4.69, 9.17) is 15.0 Å². The van der Waals surface area contributed by atoms with Crippen LogP contribution in [0.25, 0.3) is 78.4 Å². The second kappa shape index (κ2) is 17.1. The van der Waals surface area contributed by atoms with E-state index < -0.39 is 0 Å². The fraction of sp³-hybridized carbons (Fsp3) is 0.0678. The normalized spacial score (nSPS) is 14.5. The molecule has 9 aromatic rings. The average molecular weight is 796 g/mol. The molecule has 1 aliphatic rings. The highest BCUT2D eigenvalue weighted by molar-refractivity contribution is 5.78. The molecule has 1 unspecified atom stereocenters. The Labute approximate surface area is 364 Å². The maximum atomic E-state index is 5.14. The molecule has 3 nitrogen and oxygen atoms in total. The summed E-state index contributed by atoms with van der Waals surface area (Å²) >= 11 is 0. The van der Waals surface area contributed by atoms with Crippen LogP contribution in [-0.4, -0.2) is 15.0 Å².